The lowest BCUT2D eigenvalue weighted by atomic mass is 9.91. The van der Waals surface area contributed by atoms with Crippen LogP contribution in [0.2, 0.25) is 0 Å². The van der Waals surface area contributed by atoms with Gasteiger partial charge in [0, 0.05) is 18.7 Å². The first kappa shape index (κ1) is 19.2. The number of methoxy groups -OCH3 is 1. The number of pyridine rings is 1. The van der Waals surface area contributed by atoms with Gasteiger partial charge in [0.05, 0.1) is 24.8 Å². The van der Waals surface area contributed by atoms with Crippen molar-refractivity contribution in [1.82, 2.24) is 29.3 Å². The maximum Gasteiger partial charge on any atom is 0.238 e. The number of aromatic nitrogens is 6. The highest BCUT2D eigenvalue weighted by Gasteiger charge is 2.25. The molecule has 156 valence electrons. The molecule has 4 aromatic rings. The number of hydrogen-bond donors (Lipinski definition) is 0. The van der Waals surface area contributed by atoms with Gasteiger partial charge in [0.1, 0.15) is 11.5 Å². The lowest BCUT2D eigenvalue weighted by molar-refractivity contribution is 0.395. The third-order valence-electron chi connectivity index (χ3n) is 5.54. The summed E-state index contributed by atoms with van der Waals surface area (Å²) >= 11 is 0. The van der Waals surface area contributed by atoms with Gasteiger partial charge in [-0.05, 0) is 49.6 Å². The molecule has 0 saturated carbocycles. The van der Waals surface area contributed by atoms with Gasteiger partial charge >= 0.3 is 0 Å². The van der Waals surface area contributed by atoms with E-state index in [4.69, 9.17) is 14.8 Å². The Morgan fingerprint density at radius 1 is 1.06 bits per heavy atom. The molecule has 1 unspecified atom stereocenters. The van der Waals surface area contributed by atoms with E-state index in [2.05, 4.69) is 34.2 Å². The van der Waals surface area contributed by atoms with Crippen molar-refractivity contribution in [2.75, 3.05) is 7.11 Å². The second-order valence-electron chi connectivity index (χ2n) is 7.68. The van der Waals surface area contributed by atoms with E-state index in [-0.39, 0.29) is 0 Å². The molecule has 0 radical (unpaired) electrons. The SMILES string of the molecule is COc1nc(/C=C/c2nc3n(n2)CCCC3c2ccccc2)ccc1-n1cnc(C)c1. The van der Waals surface area contributed by atoms with Gasteiger partial charge in [0.15, 0.2) is 5.82 Å². The lowest BCUT2D eigenvalue weighted by Gasteiger charge is -2.22. The third kappa shape index (κ3) is 3.86. The fourth-order valence-corrected chi connectivity index (χ4v) is 4.04. The molecule has 4 heterocycles. The molecule has 0 amide bonds. The van der Waals surface area contributed by atoms with Crippen LogP contribution in [0, 0.1) is 6.92 Å². The first-order valence-electron chi connectivity index (χ1n) is 10.4. The van der Waals surface area contributed by atoms with Crippen LogP contribution in [0.15, 0.2) is 55.0 Å². The third-order valence-corrected chi connectivity index (χ3v) is 5.54. The quantitative estimate of drug-likeness (QED) is 0.489. The average molecular weight is 412 g/mol. The van der Waals surface area contributed by atoms with Crippen LogP contribution in [-0.2, 0) is 6.54 Å². The molecular weight excluding hydrogens is 388 g/mol. The fourth-order valence-electron chi connectivity index (χ4n) is 4.04. The minimum Gasteiger partial charge on any atom is -0.479 e. The number of fused-ring (bicyclic) bond motifs is 1. The maximum absolute atomic E-state index is 5.50. The zero-order valence-electron chi connectivity index (χ0n) is 17.6. The van der Waals surface area contributed by atoms with Crippen LogP contribution in [0.1, 0.15) is 47.4 Å². The second kappa shape index (κ2) is 8.18. The molecule has 3 aromatic heterocycles. The van der Waals surface area contributed by atoms with Gasteiger partial charge in [0.25, 0.3) is 0 Å². The number of aryl methyl sites for hydroxylation is 2. The summed E-state index contributed by atoms with van der Waals surface area (Å²) in [5.41, 5.74) is 3.86. The summed E-state index contributed by atoms with van der Waals surface area (Å²) in [5, 5.41) is 4.70. The van der Waals surface area contributed by atoms with E-state index in [1.807, 2.05) is 52.7 Å². The molecule has 0 N–H and O–H groups in total. The normalized spacial score (nSPS) is 15.9. The fraction of sp³-hybridized carbons (Fsp3) is 0.250. The van der Waals surface area contributed by atoms with E-state index in [9.17, 15) is 0 Å². The highest BCUT2D eigenvalue weighted by molar-refractivity contribution is 5.65. The molecule has 1 aromatic carbocycles. The largest absolute Gasteiger partial charge is 0.479 e. The van der Waals surface area contributed by atoms with Crippen LogP contribution in [0.3, 0.4) is 0 Å². The number of ether oxygens (including phenoxy) is 1. The molecule has 7 nitrogen and oxygen atoms in total. The standard InChI is InChI=1S/C24H24N6O/c1-17-15-29(16-25-17)21-12-10-19(26-24(21)31-2)11-13-22-27-23-20(9-6-14-30(23)28-22)18-7-4-3-5-8-18/h3-5,7-8,10-13,15-16,20H,6,9,14H2,1-2H3/b13-11+. The van der Waals surface area contributed by atoms with Crippen molar-refractivity contribution >= 4 is 12.2 Å². The van der Waals surface area contributed by atoms with E-state index in [1.54, 1.807) is 13.4 Å². The van der Waals surface area contributed by atoms with Gasteiger partial charge < -0.3 is 9.30 Å². The molecule has 0 aliphatic carbocycles. The van der Waals surface area contributed by atoms with Crippen molar-refractivity contribution < 1.29 is 4.74 Å². The van der Waals surface area contributed by atoms with Crippen molar-refractivity contribution in [2.24, 2.45) is 0 Å². The monoisotopic (exact) mass is 412 g/mol. The van der Waals surface area contributed by atoms with Crippen LogP contribution in [0.5, 0.6) is 5.88 Å². The van der Waals surface area contributed by atoms with Gasteiger partial charge in [-0.3, -0.25) is 0 Å². The summed E-state index contributed by atoms with van der Waals surface area (Å²) in [7, 11) is 1.62. The molecule has 7 heteroatoms. The molecule has 1 aliphatic rings. The Kier molecular flexibility index (Phi) is 5.08. The average Bonchev–Trinajstić information content (AvgIpc) is 3.43. The van der Waals surface area contributed by atoms with Crippen molar-refractivity contribution in [3.8, 4) is 11.6 Å². The lowest BCUT2D eigenvalue weighted by Crippen LogP contribution is -2.17. The van der Waals surface area contributed by atoms with Crippen LogP contribution in [-0.4, -0.2) is 36.4 Å². The molecule has 0 bridgehead atoms. The highest BCUT2D eigenvalue weighted by atomic mass is 16.5. The number of imidazole rings is 1. The Labute approximate surface area is 181 Å². The Hall–Kier alpha value is -3.74. The van der Waals surface area contributed by atoms with E-state index in [1.165, 1.54) is 5.56 Å². The summed E-state index contributed by atoms with van der Waals surface area (Å²) < 4.78 is 9.45. The number of nitrogens with zero attached hydrogens (tertiary/aromatic N) is 6. The topological polar surface area (TPSA) is 70.7 Å². The van der Waals surface area contributed by atoms with Gasteiger partial charge in [0.2, 0.25) is 5.88 Å². The van der Waals surface area contributed by atoms with Crippen molar-refractivity contribution in [2.45, 2.75) is 32.2 Å². The van der Waals surface area contributed by atoms with Gasteiger partial charge in [-0.25, -0.2) is 19.6 Å². The summed E-state index contributed by atoms with van der Waals surface area (Å²) in [6.45, 7) is 2.86. The second-order valence-corrected chi connectivity index (χ2v) is 7.68. The Balaban J connectivity index is 1.41. The summed E-state index contributed by atoms with van der Waals surface area (Å²) in [6, 6.07) is 14.5. The van der Waals surface area contributed by atoms with E-state index >= 15 is 0 Å². The predicted octanol–water partition coefficient (Wildman–Crippen LogP) is 4.27. The molecule has 0 fully saturated rings. The van der Waals surface area contributed by atoms with Gasteiger partial charge in [-0.15, -0.1) is 0 Å². The van der Waals surface area contributed by atoms with Crippen LogP contribution in [0.4, 0.5) is 0 Å². The Morgan fingerprint density at radius 2 is 1.94 bits per heavy atom. The van der Waals surface area contributed by atoms with Crippen molar-refractivity contribution in [1.29, 1.82) is 0 Å². The van der Waals surface area contributed by atoms with Crippen LogP contribution in [0.25, 0.3) is 17.8 Å². The molecule has 31 heavy (non-hydrogen) atoms. The summed E-state index contributed by atoms with van der Waals surface area (Å²) in [5.74, 6) is 2.57. The molecule has 0 saturated heterocycles. The van der Waals surface area contributed by atoms with E-state index < -0.39 is 0 Å². The first-order valence-corrected chi connectivity index (χ1v) is 10.4. The van der Waals surface area contributed by atoms with Crippen LogP contribution >= 0.6 is 0 Å². The van der Waals surface area contributed by atoms with Gasteiger partial charge in [-0.2, -0.15) is 5.10 Å². The number of rotatable bonds is 5. The van der Waals surface area contributed by atoms with E-state index in [0.29, 0.717) is 17.6 Å². The number of hydrogen-bond acceptors (Lipinski definition) is 5. The molecule has 5 rings (SSSR count). The van der Waals surface area contributed by atoms with Crippen molar-refractivity contribution in [3.63, 3.8) is 0 Å². The summed E-state index contributed by atoms with van der Waals surface area (Å²) in [4.78, 5) is 13.7. The maximum atomic E-state index is 5.50. The highest BCUT2D eigenvalue weighted by Crippen LogP contribution is 2.32. The zero-order chi connectivity index (χ0) is 21.2. The van der Waals surface area contributed by atoms with Crippen LogP contribution < -0.4 is 4.74 Å². The van der Waals surface area contributed by atoms with Gasteiger partial charge in [-0.1, -0.05) is 30.3 Å². The minimum atomic E-state index is 0.292. The first-order chi connectivity index (χ1) is 15.2. The molecule has 0 spiro atoms. The zero-order valence-corrected chi connectivity index (χ0v) is 17.6. The Morgan fingerprint density at radius 3 is 2.71 bits per heavy atom. The van der Waals surface area contributed by atoms with E-state index in [0.717, 1.165) is 42.3 Å². The smallest absolute Gasteiger partial charge is 0.238 e. The molecular formula is C24H24N6O. The molecule has 1 aliphatic heterocycles. The van der Waals surface area contributed by atoms with Crippen molar-refractivity contribution in [3.05, 3.63) is 83.6 Å². The summed E-state index contributed by atoms with van der Waals surface area (Å²) in [6.07, 6.45) is 9.73. The molecule has 1 atom stereocenters. The minimum absolute atomic E-state index is 0.292. The number of benzene rings is 1. The Bertz CT molecular complexity index is 1220. The predicted molar refractivity (Wildman–Crippen MR) is 119 cm³/mol.